The first-order valence-electron chi connectivity index (χ1n) is 10.6. The van der Waals surface area contributed by atoms with Gasteiger partial charge < -0.3 is 10.5 Å². The first-order valence-corrected chi connectivity index (χ1v) is 12.1. The van der Waals surface area contributed by atoms with Crippen molar-refractivity contribution >= 4 is 33.7 Å². The van der Waals surface area contributed by atoms with Gasteiger partial charge >= 0.3 is 0 Å². The molecule has 0 aliphatic heterocycles. The quantitative estimate of drug-likeness (QED) is 0.330. The number of carbonyl (C=O) groups excluding carboxylic acids is 2. The van der Waals surface area contributed by atoms with Gasteiger partial charge in [0.05, 0.1) is 16.8 Å². The lowest BCUT2D eigenvalue weighted by Gasteiger charge is -2.24. The number of nitrogens with zero attached hydrogens (tertiary/aromatic N) is 2. The number of aryl methyl sites for hydroxylation is 2. The van der Waals surface area contributed by atoms with Crippen LogP contribution >= 0.6 is 0 Å². The van der Waals surface area contributed by atoms with Gasteiger partial charge in [-0.15, -0.1) is 0 Å². The second-order valence-electron chi connectivity index (χ2n) is 7.78. The molecule has 0 fully saturated rings. The summed E-state index contributed by atoms with van der Waals surface area (Å²) in [6.45, 7) is 3.06. The maximum atomic E-state index is 13.4. The van der Waals surface area contributed by atoms with E-state index in [2.05, 4.69) is 10.5 Å². The SMILES string of the molecule is Cc1ccc(N(CC(=O)N/N=C\c2ccc(OCC(N)=O)cc2)S(=O)(=O)c2ccc(C)cc2)cc1. The Balaban J connectivity index is 1.72. The number of ether oxygens (including phenoxy) is 1. The van der Waals surface area contributed by atoms with Gasteiger partial charge in [0.2, 0.25) is 0 Å². The van der Waals surface area contributed by atoms with E-state index >= 15 is 0 Å². The molecular formula is C25H26N4O5S. The highest BCUT2D eigenvalue weighted by Gasteiger charge is 2.27. The molecule has 0 radical (unpaired) electrons. The van der Waals surface area contributed by atoms with Gasteiger partial charge in [-0.3, -0.25) is 13.9 Å². The van der Waals surface area contributed by atoms with Gasteiger partial charge in [-0.25, -0.2) is 13.8 Å². The predicted octanol–water partition coefficient (Wildman–Crippen LogP) is 2.51. The molecule has 182 valence electrons. The molecule has 0 aliphatic rings. The van der Waals surface area contributed by atoms with E-state index in [4.69, 9.17) is 10.5 Å². The fourth-order valence-corrected chi connectivity index (χ4v) is 4.43. The molecular weight excluding hydrogens is 468 g/mol. The van der Waals surface area contributed by atoms with Crippen molar-refractivity contribution in [3.05, 3.63) is 89.5 Å². The van der Waals surface area contributed by atoms with Crippen LogP contribution in [-0.4, -0.2) is 39.6 Å². The molecule has 9 nitrogen and oxygen atoms in total. The largest absolute Gasteiger partial charge is 0.484 e. The van der Waals surface area contributed by atoms with Crippen LogP contribution in [0.3, 0.4) is 0 Å². The number of benzene rings is 3. The van der Waals surface area contributed by atoms with Gasteiger partial charge in [-0.05, 0) is 67.9 Å². The zero-order chi connectivity index (χ0) is 25.4. The Morgan fingerprint density at radius 2 is 1.51 bits per heavy atom. The summed E-state index contributed by atoms with van der Waals surface area (Å²) in [6.07, 6.45) is 1.40. The summed E-state index contributed by atoms with van der Waals surface area (Å²) in [5.41, 5.74) is 10.3. The summed E-state index contributed by atoms with van der Waals surface area (Å²) < 4.78 is 32.9. The maximum Gasteiger partial charge on any atom is 0.264 e. The van der Waals surface area contributed by atoms with Crippen molar-refractivity contribution < 1.29 is 22.7 Å². The summed E-state index contributed by atoms with van der Waals surface area (Å²) in [6, 6.07) is 19.9. The fourth-order valence-electron chi connectivity index (χ4n) is 3.01. The molecule has 3 aromatic rings. The number of hydrogen-bond acceptors (Lipinski definition) is 6. The van der Waals surface area contributed by atoms with E-state index in [1.54, 1.807) is 60.7 Å². The van der Waals surface area contributed by atoms with Crippen molar-refractivity contribution in [2.75, 3.05) is 17.5 Å². The third-order valence-corrected chi connectivity index (χ3v) is 6.67. The Hall–Kier alpha value is -4.18. The van der Waals surface area contributed by atoms with Crippen molar-refractivity contribution in [3.8, 4) is 5.75 Å². The zero-order valence-corrected chi connectivity index (χ0v) is 20.2. The molecule has 0 saturated heterocycles. The van der Waals surface area contributed by atoms with Crippen LogP contribution < -0.4 is 20.2 Å². The molecule has 0 saturated carbocycles. The summed E-state index contributed by atoms with van der Waals surface area (Å²) in [4.78, 5) is 23.5. The third kappa shape index (κ3) is 7.15. The lowest BCUT2D eigenvalue weighted by atomic mass is 10.2. The second-order valence-corrected chi connectivity index (χ2v) is 9.64. The standard InChI is InChI=1S/C25H26N4O5S/c1-18-3-9-21(10-4-18)29(35(32,33)23-13-5-19(2)6-14-23)16-25(31)28-27-15-20-7-11-22(12-8-20)34-17-24(26)30/h3-15H,16-17H2,1-2H3,(H2,26,30)(H,28,31)/b27-15-. The van der Waals surface area contributed by atoms with Gasteiger partial charge in [0.1, 0.15) is 12.3 Å². The van der Waals surface area contributed by atoms with Crippen LogP contribution in [0.4, 0.5) is 5.69 Å². The van der Waals surface area contributed by atoms with Crippen molar-refractivity contribution in [1.29, 1.82) is 0 Å². The van der Waals surface area contributed by atoms with Crippen LogP contribution in [0.5, 0.6) is 5.75 Å². The van der Waals surface area contributed by atoms with E-state index in [0.29, 0.717) is 17.0 Å². The Bertz CT molecular complexity index is 1300. The molecule has 3 aromatic carbocycles. The Morgan fingerprint density at radius 3 is 2.09 bits per heavy atom. The van der Waals surface area contributed by atoms with Crippen molar-refractivity contribution in [2.24, 2.45) is 10.8 Å². The molecule has 0 aromatic heterocycles. The number of anilines is 1. The number of carbonyl (C=O) groups is 2. The Kier molecular flexibility index (Phi) is 8.21. The van der Waals surface area contributed by atoms with Gasteiger partial charge in [-0.1, -0.05) is 35.4 Å². The molecule has 0 atom stereocenters. The predicted molar refractivity (Wildman–Crippen MR) is 134 cm³/mol. The fraction of sp³-hybridized carbons (Fsp3) is 0.160. The summed E-state index contributed by atoms with van der Waals surface area (Å²) in [5, 5.41) is 3.91. The van der Waals surface area contributed by atoms with Crippen molar-refractivity contribution in [2.45, 2.75) is 18.7 Å². The zero-order valence-electron chi connectivity index (χ0n) is 19.3. The topological polar surface area (TPSA) is 131 Å². The lowest BCUT2D eigenvalue weighted by Crippen LogP contribution is -2.39. The van der Waals surface area contributed by atoms with E-state index in [-0.39, 0.29) is 11.5 Å². The highest BCUT2D eigenvalue weighted by molar-refractivity contribution is 7.92. The number of primary amides is 1. The molecule has 0 aliphatic carbocycles. The molecule has 2 amide bonds. The van der Waals surface area contributed by atoms with Crippen LogP contribution in [-0.2, 0) is 19.6 Å². The number of nitrogens with two attached hydrogens (primary N) is 1. The number of nitrogens with one attached hydrogen (secondary N) is 1. The average Bonchev–Trinajstić information content (AvgIpc) is 2.83. The van der Waals surface area contributed by atoms with Crippen LogP contribution in [0.25, 0.3) is 0 Å². The smallest absolute Gasteiger partial charge is 0.264 e. The highest BCUT2D eigenvalue weighted by Crippen LogP contribution is 2.24. The molecule has 35 heavy (non-hydrogen) atoms. The molecule has 0 spiro atoms. The monoisotopic (exact) mass is 494 g/mol. The summed E-state index contributed by atoms with van der Waals surface area (Å²) in [7, 11) is -4.00. The minimum Gasteiger partial charge on any atom is -0.484 e. The first-order chi connectivity index (χ1) is 16.6. The molecule has 3 N–H and O–H groups in total. The third-order valence-electron chi connectivity index (χ3n) is 4.88. The average molecular weight is 495 g/mol. The van der Waals surface area contributed by atoms with Gasteiger partial charge in [0.25, 0.3) is 21.8 Å². The Morgan fingerprint density at radius 1 is 0.943 bits per heavy atom. The molecule has 0 heterocycles. The normalized spacial score (nSPS) is 11.3. The van der Waals surface area contributed by atoms with E-state index in [9.17, 15) is 18.0 Å². The number of hydrogen-bond donors (Lipinski definition) is 2. The minimum atomic E-state index is -4.00. The van der Waals surface area contributed by atoms with Crippen LogP contribution in [0.1, 0.15) is 16.7 Å². The van der Waals surface area contributed by atoms with Crippen LogP contribution in [0.2, 0.25) is 0 Å². The van der Waals surface area contributed by atoms with Gasteiger partial charge in [-0.2, -0.15) is 5.10 Å². The molecule has 0 unspecified atom stereocenters. The van der Waals surface area contributed by atoms with Gasteiger partial charge in [0, 0.05) is 0 Å². The number of hydrazone groups is 1. The number of rotatable bonds is 10. The van der Waals surface area contributed by atoms with Crippen molar-refractivity contribution in [1.82, 2.24) is 5.43 Å². The van der Waals surface area contributed by atoms with E-state index in [0.717, 1.165) is 15.4 Å². The van der Waals surface area contributed by atoms with Crippen molar-refractivity contribution in [3.63, 3.8) is 0 Å². The number of amides is 2. The number of sulfonamides is 1. The highest BCUT2D eigenvalue weighted by atomic mass is 32.2. The maximum absolute atomic E-state index is 13.4. The first kappa shape index (κ1) is 25.4. The molecule has 0 bridgehead atoms. The van der Waals surface area contributed by atoms with Crippen LogP contribution in [0, 0.1) is 13.8 Å². The molecule has 3 rings (SSSR count). The van der Waals surface area contributed by atoms with E-state index < -0.39 is 28.4 Å². The summed E-state index contributed by atoms with van der Waals surface area (Å²) >= 11 is 0. The van der Waals surface area contributed by atoms with Gasteiger partial charge in [0.15, 0.2) is 6.61 Å². The lowest BCUT2D eigenvalue weighted by molar-refractivity contribution is -0.120. The minimum absolute atomic E-state index is 0.0821. The Labute approximate surface area is 204 Å². The summed E-state index contributed by atoms with van der Waals surface area (Å²) in [5.74, 6) is -0.735. The van der Waals surface area contributed by atoms with E-state index in [1.807, 2.05) is 13.8 Å². The van der Waals surface area contributed by atoms with E-state index in [1.165, 1.54) is 18.3 Å². The van der Waals surface area contributed by atoms with Crippen LogP contribution in [0.15, 0.2) is 82.8 Å². The second kappa shape index (κ2) is 11.3. The molecule has 10 heteroatoms.